The Bertz CT molecular complexity index is 356. The fourth-order valence-corrected chi connectivity index (χ4v) is 4.22. The maximum Gasteiger partial charge on any atom is 0.299 e. The summed E-state index contributed by atoms with van der Waals surface area (Å²) in [6, 6.07) is 0. The summed E-state index contributed by atoms with van der Waals surface area (Å²) in [5.74, 6) is 1.81. The van der Waals surface area contributed by atoms with E-state index in [1.807, 2.05) is 12.4 Å². The van der Waals surface area contributed by atoms with E-state index in [0.717, 1.165) is 5.33 Å². The van der Waals surface area contributed by atoms with Crippen molar-refractivity contribution >= 4 is 37.7 Å². The summed E-state index contributed by atoms with van der Waals surface area (Å²) in [4.78, 5) is 4.48. The first-order chi connectivity index (χ1) is 12.4. The summed E-state index contributed by atoms with van der Waals surface area (Å²) in [5, 5.41) is 5.58. The molecule has 1 radical (unpaired) electrons. The molecule has 1 heterocycles. The number of nitrogens with one attached hydrogen (secondary N) is 1. The number of halogens is 2. The molecule has 1 aliphatic heterocycles. The van der Waals surface area contributed by atoms with Gasteiger partial charge in [-0.15, -0.1) is 0 Å². The standard InChI is InChI=1S/C21H38Br2N2/c22-16-12-10-8-6-4-2-1-3-5-7-9-11-14-20(15-13-17-23)21-24-18-19-25-21/h18-20,24H,1-17H2/q+1. The number of aliphatic imine (C=N–C) groups is 1. The molecule has 25 heavy (non-hydrogen) atoms. The van der Waals surface area contributed by atoms with Gasteiger partial charge in [-0.3, -0.25) is 0 Å². The highest BCUT2D eigenvalue weighted by Gasteiger charge is 2.23. The number of rotatable bonds is 18. The van der Waals surface area contributed by atoms with Gasteiger partial charge in [-0.05, 0) is 25.7 Å². The Labute approximate surface area is 173 Å². The number of hydrogen-bond donors (Lipinski definition) is 1. The van der Waals surface area contributed by atoms with Crippen molar-refractivity contribution in [1.82, 2.24) is 10.3 Å². The molecule has 0 fully saturated rings. The summed E-state index contributed by atoms with van der Waals surface area (Å²) in [6.45, 7) is 0. The predicted molar refractivity (Wildman–Crippen MR) is 120 cm³/mol. The Hall–Kier alpha value is 0.170. The van der Waals surface area contributed by atoms with Crippen LogP contribution in [0, 0.1) is 5.92 Å². The third-order valence-corrected chi connectivity index (χ3v) is 6.15. The molecule has 1 N–H and O–H groups in total. The molecule has 1 unspecified atom stereocenters. The van der Waals surface area contributed by atoms with E-state index >= 15 is 0 Å². The van der Waals surface area contributed by atoms with Crippen LogP contribution in [0.1, 0.15) is 96.3 Å². The van der Waals surface area contributed by atoms with Crippen LogP contribution in [0.4, 0.5) is 0 Å². The third-order valence-electron chi connectivity index (χ3n) is 5.03. The van der Waals surface area contributed by atoms with Crippen LogP contribution in [0.25, 0.3) is 0 Å². The molecule has 0 amide bonds. The normalized spacial score (nSPS) is 14.6. The molecule has 0 aromatic carbocycles. The first-order valence-electron chi connectivity index (χ1n) is 10.5. The Morgan fingerprint density at radius 2 is 1.16 bits per heavy atom. The minimum atomic E-state index is 0.622. The molecule has 0 aromatic rings. The smallest absolute Gasteiger partial charge is 0.244 e. The van der Waals surface area contributed by atoms with Crippen LogP contribution in [-0.4, -0.2) is 16.5 Å². The monoisotopic (exact) mass is 476 g/mol. The number of amidine groups is 1. The lowest BCUT2D eigenvalue weighted by Gasteiger charge is -2.11. The molecular formula is C21H38Br2N2+. The lowest BCUT2D eigenvalue weighted by molar-refractivity contribution is 0.498. The maximum absolute atomic E-state index is 4.48. The molecule has 1 atom stereocenters. The number of nitrogens with zero attached hydrogens (tertiary/aromatic N) is 1. The molecular weight excluding hydrogens is 440 g/mol. The largest absolute Gasteiger partial charge is 0.299 e. The molecule has 1 rings (SSSR count). The van der Waals surface area contributed by atoms with Crippen molar-refractivity contribution in [2.24, 2.45) is 5.92 Å². The van der Waals surface area contributed by atoms with E-state index in [2.05, 4.69) is 42.2 Å². The summed E-state index contributed by atoms with van der Waals surface area (Å²) < 4.78 is 0. The van der Waals surface area contributed by atoms with Gasteiger partial charge < -0.3 is 0 Å². The van der Waals surface area contributed by atoms with Crippen LogP contribution < -0.4 is 10.3 Å². The summed E-state index contributed by atoms with van der Waals surface area (Å²) in [7, 11) is 0. The fourth-order valence-electron chi connectivity index (χ4n) is 3.50. The minimum absolute atomic E-state index is 0.622. The average molecular weight is 478 g/mol. The molecule has 0 saturated heterocycles. The van der Waals surface area contributed by atoms with Gasteiger partial charge >= 0.3 is 0 Å². The molecule has 0 saturated carbocycles. The fraction of sp³-hybridized carbons (Fsp3) is 0.857. The van der Waals surface area contributed by atoms with Gasteiger partial charge in [0.2, 0.25) is 0 Å². The maximum atomic E-state index is 4.48. The molecule has 0 bridgehead atoms. The first-order valence-corrected chi connectivity index (χ1v) is 12.7. The zero-order chi connectivity index (χ0) is 18.0. The van der Waals surface area contributed by atoms with Crippen LogP contribution in [0.5, 0.6) is 0 Å². The Balaban J connectivity index is 1.89. The van der Waals surface area contributed by atoms with Crippen LogP contribution >= 0.6 is 31.9 Å². The molecule has 145 valence electrons. The minimum Gasteiger partial charge on any atom is -0.244 e. The van der Waals surface area contributed by atoms with E-state index < -0.39 is 0 Å². The summed E-state index contributed by atoms with van der Waals surface area (Å²) >= 11 is 7.05. The number of alkyl halides is 2. The van der Waals surface area contributed by atoms with Gasteiger partial charge in [0.15, 0.2) is 6.20 Å². The Kier molecular flexibility index (Phi) is 16.3. The van der Waals surface area contributed by atoms with Crippen LogP contribution in [0.3, 0.4) is 0 Å². The highest BCUT2D eigenvalue weighted by atomic mass is 79.9. The van der Waals surface area contributed by atoms with Gasteiger partial charge in [-0.1, -0.05) is 107 Å². The highest BCUT2D eigenvalue weighted by Crippen LogP contribution is 2.19. The summed E-state index contributed by atoms with van der Waals surface area (Å²) in [6.07, 6.45) is 24.6. The quantitative estimate of drug-likeness (QED) is 0.166. The van der Waals surface area contributed by atoms with Gasteiger partial charge in [-0.25, -0.2) is 5.32 Å². The van der Waals surface area contributed by atoms with E-state index in [0.29, 0.717) is 5.92 Å². The molecule has 1 aliphatic rings. The van der Waals surface area contributed by atoms with E-state index in [1.165, 1.54) is 107 Å². The first kappa shape index (κ1) is 23.2. The average Bonchev–Trinajstić information content (AvgIpc) is 3.16. The summed E-state index contributed by atoms with van der Waals surface area (Å²) in [5.41, 5.74) is 0. The lowest BCUT2D eigenvalue weighted by Crippen LogP contribution is -2.27. The van der Waals surface area contributed by atoms with E-state index in [9.17, 15) is 0 Å². The number of unbranched alkanes of at least 4 members (excludes halogenated alkanes) is 11. The zero-order valence-corrected chi connectivity index (χ0v) is 19.1. The van der Waals surface area contributed by atoms with Gasteiger partial charge in [0.1, 0.15) is 6.20 Å². The van der Waals surface area contributed by atoms with Crippen molar-refractivity contribution in [3.63, 3.8) is 0 Å². The number of hydrogen-bond acceptors (Lipinski definition) is 2. The zero-order valence-electron chi connectivity index (χ0n) is 16.0. The second kappa shape index (κ2) is 17.6. The van der Waals surface area contributed by atoms with Crippen molar-refractivity contribution in [1.29, 1.82) is 0 Å². The molecule has 0 aromatic heterocycles. The molecule has 0 spiro atoms. The van der Waals surface area contributed by atoms with Crippen LogP contribution in [0.15, 0.2) is 12.4 Å². The highest BCUT2D eigenvalue weighted by molar-refractivity contribution is 9.09. The van der Waals surface area contributed by atoms with Crippen molar-refractivity contribution in [3.8, 4) is 0 Å². The topological polar surface area (TPSA) is 26.1 Å². The van der Waals surface area contributed by atoms with Crippen molar-refractivity contribution in [2.45, 2.75) is 96.3 Å². The Morgan fingerprint density at radius 1 is 0.680 bits per heavy atom. The molecule has 0 aliphatic carbocycles. The lowest BCUT2D eigenvalue weighted by atomic mass is 9.94. The van der Waals surface area contributed by atoms with Crippen molar-refractivity contribution < 1.29 is 0 Å². The second-order valence-corrected chi connectivity index (χ2v) is 8.81. The van der Waals surface area contributed by atoms with Gasteiger partial charge in [0.25, 0.3) is 5.84 Å². The van der Waals surface area contributed by atoms with Crippen molar-refractivity contribution in [3.05, 3.63) is 12.4 Å². The third kappa shape index (κ3) is 13.1. The van der Waals surface area contributed by atoms with Gasteiger partial charge in [-0.2, -0.15) is 0 Å². The predicted octanol–water partition coefficient (Wildman–Crippen LogP) is 7.05. The SMILES string of the molecule is BrCCCCCCCCCCCCCCC(CCCBr)C1=[N+]C=CN1. The van der Waals surface area contributed by atoms with Crippen LogP contribution in [-0.2, 0) is 0 Å². The molecule has 2 nitrogen and oxygen atoms in total. The van der Waals surface area contributed by atoms with Gasteiger partial charge in [0.05, 0.1) is 5.92 Å². The van der Waals surface area contributed by atoms with E-state index in [-0.39, 0.29) is 0 Å². The van der Waals surface area contributed by atoms with Crippen molar-refractivity contribution in [2.75, 3.05) is 10.7 Å². The van der Waals surface area contributed by atoms with E-state index in [1.54, 1.807) is 0 Å². The van der Waals surface area contributed by atoms with E-state index in [4.69, 9.17) is 0 Å². The van der Waals surface area contributed by atoms with Crippen LogP contribution in [0.2, 0.25) is 0 Å². The second-order valence-electron chi connectivity index (χ2n) is 7.22. The molecule has 4 heteroatoms. The Morgan fingerprint density at radius 3 is 1.64 bits per heavy atom. The van der Waals surface area contributed by atoms with Gasteiger partial charge in [0, 0.05) is 10.7 Å².